The Morgan fingerprint density at radius 2 is 2.08 bits per heavy atom. The minimum atomic E-state index is 0.467. The molecule has 1 atom stereocenters. The maximum atomic E-state index is 5.23. The SMILES string of the molecule is COc1cc(N2CCC[C@H](c3nccn3CC3CCC3)C2)ncn1. The predicted octanol–water partition coefficient (Wildman–Crippen LogP) is 2.87. The summed E-state index contributed by atoms with van der Waals surface area (Å²) >= 11 is 0. The fraction of sp³-hybridized carbons (Fsp3) is 0.611. The van der Waals surface area contributed by atoms with Crippen LogP contribution in [0.3, 0.4) is 0 Å². The van der Waals surface area contributed by atoms with E-state index in [0.717, 1.165) is 37.8 Å². The van der Waals surface area contributed by atoms with Gasteiger partial charge < -0.3 is 14.2 Å². The molecular weight excluding hydrogens is 302 g/mol. The molecular formula is C18H25N5O. The molecule has 0 radical (unpaired) electrons. The van der Waals surface area contributed by atoms with Gasteiger partial charge in [-0.1, -0.05) is 6.42 Å². The lowest BCUT2D eigenvalue weighted by Crippen LogP contribution is -2.36. The fourth-order valence-corrected chi connectivity index (χ4v) is 3.80. The standard InChI is InChI=1S/C18H25N5O/c1-24-17-10-16(20-13-21-17)22-8-3-6-15(12-22)18-19-7-9-23(18)11-14-4-2-5-14/h7,9-10,13-15H,2-6,8,11-12H2,1H3/t15-/m0/s1. The number of rotatable bonds is 5. The molecule has 0 bridgehead atoms. The van der Waals surface area contributed by atoms with E-state index in [1.807, 2.05) is 12.3 Å². The van der Waals surface area contributed by atoms with Gasteiger partial charge in [-0.3, -0.25) is 0 Å². The largest absolute Gasteiger partial charge is 0.481 e. The molecule has 0 aromatic carbocycles. The van der Waals surface area contributed by atoms with Crippen LogP contribution in [0.5, 0.6) is 5.88 Å². The van der Waals surface area contributed by atoms with Gasteiger partial charge in [-0.15, -0.1) is 0 Å². The van der Waals surface area contributed by atoms with E-state index in [1.165, 1.54) is 31.5 Å². The molecule has 0 N–H and O–H groups in total. The summed E-state index contributed by atoms with van der Waals surface area (Å²) in [5, 5.41) is 0. The van der Waals surface area contributed by atoms with Gasteiger partial charge in [-0.2, -0.15) is 0 Å². The van der Waals surface area contributed by atoms with Gasteiger partial charge in [-0.25, -0.2) is 15.0 Å². The molecule has 4 rings (SSSR count). The van der Waals surface area contributed by atoms with Crippen LogP contribution in [-0.4, -0.2) is 39.7 Å². The summed E-state index contributed by atoms with van der Waals surface area (Å²) in [4.78, 5) is 15.6. The van der Waals surface area contributed by atoms with E-state index in [1.54, 1.807) is 13.4 Å². The number of aromatic nitrogens is 4. The molecule has 0 amide bonds. The molecule has 128 valence electrons. The van der Waals surface area contributed by atoms with Crippen molar-refractivity contribution in [3.05, 3.63) is 30.6 Å². The molecule has 1 saturated heterocycles. The summed E-state index contributed by atoms with van der Waals surface area (Å²) in [6.07, 6.45) is 12.2. The van der Waals surface area contributed by atoms with Crippen LogP contribution in [-0.2, 0) is 6.54 Å². The van der Waals surface area contributed by atoms with Crippen molar-refractivity contribution in [2.75, 3.05) is 25.1 Å². The minimum absolute atomic E-state index is 0.467. The number of hydrogen-bond donors (Lipinski definition) is 0. The third-order valence-electron chi connectivity index (χ3n) is 5.37. The summed E-state index contributed by atoms with van der Waals surface area (Å²) in [6.45, 7) is 3.12. The van der Waals surface area contributed by atoms with E-state index in [2.05, 4.69) is 25.6 Å². The molecule has 3 heterocycles. The maximum absolute atomic E-state index is 5.23. The second-order valence-electron chi connectivity index (χ2n) is 6.94. The van der Waals surface area contributed by atoms with Gasteiger partial charge in [-0.05, 0) is 31.6 Å². The van der Waals surface area contributed by atoms with E-state index < -0.39 is 0 Å². The number of piperidine rings is 1. The van der Waals surface area contributed by atoms with Crippen molar-refractivity contribution in [1.29, 1.82) is 0 Å². The minimum Gasteiger partial charge on any atom is -0.481 e. The zero-order valence-electron chi connectivity index (χ0n) is 14.3. The maximum Gasteiger partial charge on any atom is 0.218 e. The van der Waals surface area contributed by atoms with Gasteiger partial charge in [0.1, 0.15) is 18.0 Å². The molecule has 6 heteroatoms. The van der Waals surface area contributed by atoms with Crippen LogP contribution in [0, 0.1) is 5.92 Å². The lowest BCUT2D eigenvalue weighted by atomic mass is 9.85. The molecule has 2 aliphatic rings. The monoisotopic (exact) mass is 327 g/mol. The molecule has 6 nitrogen and oxygen atoms in total. The zero-order chi connectivity index (χ0) is 16.4. The van der Waals surface area contributed by atoms with E-state index >= 15 is 0 Å². The molecule has 24 heavy (non-hydrogen) atoms. The van der Waals surface area contributed by atoms with Crippen molar-refractivity contribution in [2.45, 2.75) is 44.6 Å². The van der Waals surface area contributed by atoms with Gasteiger partial charge >= 0.3 is 0 Å². The van der Waals surface area contributed by atoms with Gasteiger partial charge in [0, 0.05) is 44.0 Å². The molecule has 2 aromatic rings. The van der Waals surface area contributed by atoms with Crippen molar-refractivity contribution in [3.8, 4) is 5.88 Å². The fourth-order valence-electron chi connectivity index (χ4n) is 3.80. The smallest absolute Gasteiger partial charge is 0.218 e. The highest BCUT2D eigenvalue weighted by atomic mass is 16.5. The topological polar surface area (TPSA) is 56.1 Å². The third kappa shape index (κ3) is 3.09. The predicted molar refractivity (Wildman–Crippen MR) is 92.3 cm³/mol. The zero-order valence-corrected chi connectivity index (χ0v) is 14.3. The first kappa shape index (κ1) is 15.4. The molecule has 1 saturated carbocycles. The van der Waals surface area contributed by atoms with Crippen LogP contribution in [0.15, 0.2) is 24.8 Å². The quantitative estimate of drug-likeness (QED) is 0.845. The van der Waals surface area contributed by atoms with Crippen LogP contribution in [0.1, 0.15) is 43.8 Å². The molecule has 0 unspecified atom stereocenters. The first-order valence-corrected chi connectivity index (χ1v) is 8.95. The first-order chi connectivity index (χ1) is 11.8. The van der Waals surface area contributed by atoms with Crippen LogP contribution in [0.4, 0.5) is 5.82 Å². The summed E-state index contributed by atoms with van der Waals surface area (Å²) in [5.74, 6) is 4.13. The van der Waals surface area contributed by atoms with Crippen molar-refractivity contribution in [2.24, 2.45) is 5.92 Å². The Hall–Kier alpha value is -2.11. The summed E-state index contributed by atoms with van der Waals surface area (Å²) < 4.78 is 7.62. The third-order valence-corrected chi connectivity index (χ3v) is 5.37. The highest BCUT2D eigenvalue weighted by Crippen LogP contribution is 2.32. The number of anilines is 1. The van der Waals surface area contributed by atoms with Gasteiger partial charge in [0.2, 0.25) is 5.88 Å². The van der Waals surface area contributed by atoms with Gasteiger partial charge in [0.05, 0.1) is 7.11 Å². The van der Waals surface area contributed by atoms with Crippen molar-refractivity contribution in [3.63, 3.8) is 0 Å². The van der Waals surface area contributed by atoms with Crippen molar-refractivity contribution in [1.82, 2.24) is 19.5 Å². The average molecular weight is 327 g/mol. The first-order valence-electron chi connectivity index (χ1n) is 8.95. The normalized spacial score (nSPS) is 21.5. The number of nitrogens with zero attached hydrogens (tertiary/aromatic N) is 5. The summed E-state index contributed by atoms with van der Waals surface area (Å²) in [6, 6.07) is 1.92. The summed E-state index contributed by atoms with van der Waals surface area (Å²) in [7, 11) is 1.64. The lowest BCUT2D eigenvalue weighted by Gasteiger charge is -2.34. The molecule has 1 aliphatic heterocycles. The van der Waals surface area contributed by atoms with E-state index in [9.17, 15) is 0 Å². The van der Waals surface area contributed by atoms with Gasteiger partial charge in [0.15, 0.2) is 0 Å². The molecule has 2 fully saturated rings. The number of methoxy groups -OCH3 is 1. The lowest BCUT2D eigenvalue weighted by molar-refractivity contribution is 0.270. The molecule has 2 aromatic heterocycles. The molecule has 1 aliphatic carbocycles. The van der Waals surface area contributed by atoms with E-state index in [4.69, 9.17) is 9.72 Å². The molecule has 0 spiro atoms. The number of ether oxygens (including phenoxy) is 1. The van der Waals surface area contributed by atoms with Crippen molar-refractivity contribution < 1.29 is 4.74 Å². The Morgan fingerprint density at radius 1 is 1.17 bits per heavy atom. The Labute approximate surface area is 142 Å². The van der Waals surface area contributed by atoms with Crippen LogP contribution >= 0.6 is 0 Å². The van der Waals surface area contributed by atoms with Gasteiger partial charge in [0.25, 0.3) is 0 Å². The van der Waals surface area contributed by atoms with Crippen LogP contribution in [0.2, 0.25) is 0 Å². The number of hydrogen-bond acceptors (Lipinski definition) is 5. The van der Waals surface area contributed by atoms with E-state index in [0.29, 0.717) is 11.8 Å². The average Bonchev–Trinajstić information content (AvgIpc) is 3.07. The second-order valence-corrected chi connectivity index (χ2v) is 6.94. The number of imidazole rings is 1. The Bertz CT molecular complexity index is 682. The Kier molecular flexibility index (Phi) is 4.36. The summed E-state index contributed by atoms with van der Waals surface area (Å²) in [5.41, 5.74) is 0. The Balaban J connectivity index is 1.49. The Morgan fingerprint density at radius 3 is 2.88 bits per heavy atom. The van der Waals surface area contributed by atoms with Crippen LogP contribution < -0.4 is 9.64 Å². The second kappa shape index (κ2) is 6.79. The van der Waals surface area contributed by atoms with Crippen molar-refractivity contribution >= 4 is 5.82 Å². The highest BCUT2D eigenvalue weighted by molar-refractivity contribution is 5.41. The highest BCUT2D eigenvalue weighted by Gasteiger charge is 2.27. The van der Waals surface area contributed by atoms with Crippen LogP contribution in [0.25, 0.3) is 0 Å². The van der Waals surface area contributed by atoms with E-state index in [-0.39, 0.29) is 0 Å².